The number of thiazole rings is 1. The number of hydrogen-bond donors (Lipinski definition) is 1. The van der Waals surface area contributed by atoms with Gasteiger partial charge in [0, 0.05) is 36.5 Å². The Bertz CT molecular complexity index is 740. The van der Waals surface area contributed by atoms with Crippen molar-refractivity contribution in [1.29, 1.82) is 0 Å². The molecule has 1 aliphatic carbocycles. The third-order valence-electron chi connectivity index (χ3n) is 4.33. The van der Waals surface area contributed by atoms with Crippen LogP contribution in [0.15, 0.2) is 11.7 Å². The first-order valence-electron chi connectivity index (χ1n) is 8.01. The lowest BCUT2D eigenvalue weighted by Crippen LogP contribution is -2.33. The van der Waals surface area contributed by atoms with Crippen LogP contribution in [0.1, 0.15) is 39.6 Å². The molecule has 0 saturated heterocycles. The molecule has 23 heavy (non-hydrogen) atoms. The molecule has 4 rings (SSSR count). The molecule has 6 nitrogen and oxygen atoms in total. The number of nitrogens with one attached hydrogen (secondary N) is 1. The Morgan fingerprint density at radius 1 is 1.30 bits per heavy atom. The third kappa shape index (κ3) is 3.06. The summed E-state index contributed by atoms with van der Waals surface area (Å²) in [4.78, 5) is 27.7. The second-order valence-electron chi connectivity index (χ2n) is 6.11. The fourth-order valence-electron chi connectivity index (χ4n) is 2.90. The van der Waals surface area contributed by atoms with Gasteiger partial charge in [-0.25, -0.2) is 15.0 Å². The fourth-order valence-corrected chi connectivity index (χ4v) is 3.49. The second kappa shape index (κ2) is 5.88. The lowest BCUT2D eigenvalue weighted by Gasteiger charge is -2.18. The van der Waals surface area contributed by atoms with Crippen LogP contribution in [0.5, 0.6) is 0 Å². The number of carbonyl (C=O) groups is 1. The standard InChI is InChI=1S/C16H19N5OS/c1-10-19-14(8-23-10)16(22)21-6-4-12-13(5-7-21)17-9-18-15(12)20-11-2-3-11/h8-9,11H,2-7H2,1H3,(H,17,18,20). The van der Waals surface area contributed by atoms with Crippen LogP contribution in [0, 0.1) is 6.92 Å². The van der Waals surface area contributed by atoms with Crippen LogP contribution in [0.3, 0.4) is 0 Å². The Balaban J connectivity index is 1.52. The Labute approximate surface area is 139 Å². The van der Waals surface area contributed by atoms with E-state index < -0.39 is 0 Å². The highest BCUT2D eigenvalue weighted by atomic mass is 32.1. The molecule has 1 N–H and O–H groups in total. The summed E-state index contributed by atoms with van der Waals surface area (Å²) in [6.07, 6.45) is 5.62. The number of aryl methyl sites for hydroxylation is 1. The van der Waals surface area contributed by atoms with Gasteiger partial charge in [-0.2, -0.15) is 0 Å². The molecule has 0 atom stereocenters. The topological polar surface area (TPSA) is 71.0 Å². The average molecular weight is 329 g/mol. The van der Waals surface area contributed by atoms with Crippen LogP contribution in [-0.2, 0) is 12.8 Å². The maximum absolute atomic E-state index is 12.6. The van der Waals surface area contributed by atoms with Crippen LogP contribution in [0.4, 0.5) is 5.82 Å². The van der Waals surface area contributed by atoms with Crippen molar-refractivity contribution < 1.29 is 4.79 Å². The highest BCUT2D eigenvalue weighted by Gasteiger charge is 2.26. The van der Waals surface area contributed by atoms with Gasteiger partial charge in [0.15, 0.2) is 0 Å². The summed E-state index contributed by atoms with van der Waals surface area (Å²) in [5, 5.41) is 6.25. The normalized spacial score (nSPS) is 17.5. The SMILES string of the molecule is Cc1nc(C(=O)N2CCc3ncnc(NC4CC4)c3CC2)cs1. The molecule has 0 aromatic carbocycles. The van der Waals surface area contributed by atoms with Gasteiger partial charge in [-0.15, -0.1) is 11.3 Å². The lowest BCUT2D eigenvalue weighted by atomic mass is 10.1. The number of amides is 1. The number of hydrogen-bond acceptors (Lipinski definition) is 6. The second-order valence-corrected chi connectivity index (χ2v) is 7.17. The van der Waals surface area contributed by atoms with Gasteiger partial charge in [0.1, 0.15) is 17.8 Å². The van der Waals surface area contributed by atoms with Gasteiger partial charge in [-0.3, -0.25) is 4.79 Å². The van der Waals surface area contributed by atoms with Crippen LogP contribution >= 0.6 is 11.3 Å². The van der Waals surface area contributed by atoms with Crippen molar-refractivity contribution in [2.24, 2.45) is 0 Å². The predicted octanol–water partition coefficient (Wildman–Crippen LogP) is 2.06. The number of fused-ring (bicyclic) bond motifs is 1. The maximum atomic E-state index is 12.6. The van der Waals surface area contributed by atoms with E-state index in [1.165, 1.54) is 29.7 Å². The molecule has 0 unspecified atom stereocenters. The quantitative estimate of drug-likeness (QED) is 0.933. The van der Waals surface area contributed by atoms with E-state index in [1.54, 1.807) is 6.33 Å². The highest BCUT2D eigenvalue weighted by Crippen LogP contribution is 2.28. The number of carbonyl (C=O) groups excluding carboxylic acids is 1. The lowest BCUT2D eigenvalue weighted by molar-refractivity contribution is 0.0757. The molecular formula is C16H19N5OS. The molecule has 1 saturated carbocycles. The van der Waals surface area contributed by atoms with E-state index in [9.17, 15) is 4.79 Å². The molecule has 1 amide bonds. The van der Waals surface area contributed by atoms with E-state index in [4.69, 9.17) is 0 Å². The van der Waals surface area contributed by atoms with Crippen LogP contribution in [-0.4, -0.2) is 44.9 Å². The van der Waals surface area contributed by atoms with Crippen molar-refractivity contribution in [3.05, 3.63) is 33.7 Å². The number of anilines is 1. The van der Waals surface area contributed by atoms with Gasteiger partial charge in [-0.05, 0) is 26.2 Å². The first-order valence-corrected chi connectivity index (χ1v) is 8.89. The maximum Gasteiger partial charge on any atom is 0.273 e. The van der Waals surface area contributed by atoms with Crippen LogP contribution < -0.4 is 5.32 Å². The molecule has 1 fully saturated rings. The molecule has 0 spiro atoms. The van der Waals surface area contributed by atoms with E-state index in [0.717, 1.165) is 29.4 Å². The Hall–Kier alpha value is -2.02. The minimum atomic E-state index is 0.0202. The Kier molecular flexibility index (Phi) is 3.72. The fraction of sp³-hybridized carbons (Fsp3) is 0.500. The molecule has 2 aliphatic rings. The predicted molar refractivity (Wildman–Crippen MR) is 88.8 cm³/mol. The van der Waals surface area contributed by atoms with E-state index in [2.05, 4.69) is 20.3 Å². The van der Waals surface area contributed by atoms with E-state index in [1.807, 2.05) is 17.2 Å². The zero-order valence-electron chi connectivity index (χ0n) is 13.1. The van der Waals surface area contributed by atoms with Crippen LogP contribution in [0.2, 0.25) is 0 Å². The van der Waals surface area contributed by atoms with Gasteiger partial charge in [-0.1, -0.05) is 0 Å². The number of nitrogens with zero attached hydrogens (tertiary/aromatic N) is 4. The molecule has 120 valence electrons. The summed E-state index contributed by atoms with van der Waals surface area (Å²) < 4.78 is 0. The van der Waals surface area contributed by atoms with Gasteiger partial charge < -0.3 is 10.2 Å². The molecule has 3 heterocycles. The van der Waals surface area contributed by atoms with Crippen molar-refractivity contribution in [2.45, 2.75) is 38.6 Å². The first kappa shape index (κ1) is 14.6. The van der Waals surface area contributed by atoms with Gasteiger partial charge in [0.05, 0.1) is 10.7 Å². The zero-order chi connectivity index (χ0) is 15.8. The van der Waals surface area contributed by atoms with Crippen molar-refractivity contribution in [3.8, 4) is 0 Å². The number of aromatic nitrogens is 3. The van der Waals surface area contributed by atoms with Gasteiger partial charge in [0.25, 0.3) is 5.91 Å². The average Bonchev–Trinajstić information content (AvgIpc) is 3.30. The minimum Gasteiger partial charge on any atom is -0.367 e. The van der Waals surface area contributed by atoms with Crippen LogP contribution in [0.25, 0.3) is 0 Å². The molecular weight excluding hydrogens is 310 g/mol. The molecule has 2 aromatic rings. The van der Waals surface area contributed by atoms with Gasteiger partial charge in [0.2, 0.25) is 0 Å². The smallest absolute Gasteiger partial charge is 0.273 e. The summed E-state index contributed by atoms with van der Waals surface area (Å²) in [6.45, 7) is 3.29. The Morgan fingerprint density at radius 3 is 2.87 bits per heavy atom. The molecule has 2 aromatic heterocycles. The molecule has 0 radical (unpaired) electrons. The summed E-state index contributed by atoms with van der Waals surface area (Å²) in [5.74, 6) is 0.975. The van der Waals surface area contributed by atoms with E-state index in [-0.39, 0.29) is 5.91 Å². The third-order valence-corrected chi connectivity index (χ3v) is 5.10. The van der Waals surface area contributed by atoms with Crippen molar-refractivity contribution in [1.82, 2.24) is 19.9 Å². The summed E-state index contributed by atoms with van der Waals surface area (Å²) in [5.41, 5.74) is 2.79. The van der Waals surface area contributed by atoms with E-state index >= 15 is 0 Å². The van der Waals surface area contributed by atoms with E-state index in [0.29, 0.717) is 24.8 Å². The molecule has 0 bridgehead atoms. The summed E-state index contributed by atoms with van der Waals surface area (Å²) in [7, 11) is 0. The molecule has 1 aliphatic heterocycles. The first-order chi connectivity index (χ1) is 11.2. The van der Waals surface area contributed by atoms with Gasteiger partial charge >= 0.3 is 0 Å². The van der Waals surface area contributed by atoms with Crippen molar-refractivity contribution in [2.75, 3.05) is 18.4 Å². The van der Waals surface area contributed by atoms with Crippen molar-refractivity contribution in [3.63, 3.8) is 0 Å². The molecule has 7 heteroatoms. The Morgan fingerprint density at radius 2 is 2.13 bits per heavy atom. The minimum absolute atomic E-state index is 0.0202. The zero-order valence-corrected chi connectivity index (χ0v) is 13.9. The highest BCUT2D eigenvalue weighted by molar-refractivity contribution is 7.09. The largest absolute Gasteiger partial charge is 0.367 e. The number of rotatable bonds is 3. The summed E-state index contributed by atoms with van der Waals surface area (Å²) in [6, 6.07) is 0.563. The summed E-state index contributed by atoms with van der Waals surface area (Å²) >= 11 is 1.51. The van der Waals surface area contributed by atoms with Crippen molar-refractivity contribution >= 4 is 23.1 Å². The monoisotopic (exact) mass is 329 g/mol.